The van der Waals surface area contributed by atoms with E-state index in [4.69, 9.17) is 0 Å². The summed E-state index contributed by atoms with van der Waals surface area (Å²) in [6.45, 7) is 5.52. The van der Waals surface area contributed by atoms with Gasteiger partial charge in [0.25, 0.3) is 0 Å². The Balaban J connectivity index is 1.67. The Kier molecular flexibility index (Phi) is 4.39. The van der Waals surface area contributed by atoms with Crippen LogP contribution < -0.4 is 4.90 Å². The van der Waals surface area contributed by atoms with Crippen molar-refractivity contribution in [3.05, 3.63) is 70.9 Å². The third-order valence-electron chi connectivity index (χ3n) is 4.99. The lowest BCUT2D eigenvalue weighted by atomic mass is 9.99. The molecule has 27 heavy (non-hydrogen) atoms. The fourth-order valence-corrected chi connectivity index (χ4v) is 3.78. The van der Waals surface area contributed by atoms with E-state index in [2.05, 4.69) is 28.4 Å². The summed E-state index contributed by atoms with van der Waals surface area (Å²) in [4.78, 5) is 15.2. The minimum absolute atomic E-state index is 0.00266. The summed E-state index contributed by atoms with van der Waals surface area (Å²) < 4.78 is 0. The van der Waals surface area contributed by atoms with Crippen molar-refractivity contribution in [3.63, 3.8) is 0 Å². The Hall–Kier alpha value is -3.15. The van der Waals surface area contributed by atoms with E-state index < -0.39 is 5.97 Å². The van der Waals surface area contributed by atoms with Gasteiger partial charge in [0, 0.05) is 19.0 Å². The SMILES string of the molecule is Cc1cc(C)cc(-n2nc(C(=O)O)c(N3CC[C@H](c4ccccc4)C3)n2)c1. The predicted octanol–water partition coefficient (Wildman–Crippen LogP) is 3.58. The van der Waals surface area contributed by atoms with Crippen molar-refractivity contribution in [1.29, 1.82) is 0 Å². The first-order valence-electron chi connectivity index (χ1n) is 9.10. The van der Waals surface area contributed by atoms with Crippen molar-refractivity contribution in [3.8, 4) is 5.69 Å². The topological polar surface area (TPSA) is 71.2 Å². The normalized spacial score (nSPS) is 16.7. The summed E-state index contributed by atoms with van der Waals surface area (Å²) in [5.41, 5.74) is 4.23. The van der Waals surface area contributed by atoms with Gasteiger partial charge < -0.3 is 10.0 Å². The molecule has 2 aromatic carbocycles. The van der Waals surface area contributed by atoms with Crippen molar-refractivity contribution in [2.45, 2.75) is 26.2 Å². The molecule has 6 heteroatoms. The van der Waals surface area contributed by atoms with E-state index >= 15 is 0 Å². The number of carboxylic acids is 1. The first kappa shape index (κ1) is 17.3. The molecule has 4 rings (SSSR count). The van der Waals surface area contributed by atoms with Gasteiger partial charge in [0.1, 0.15) is 0 Å². The van der Waals surface area contributed by atoms with E-state index in [-0.39, 0.29) is 5.69 Å². The van der Waals surface area contributed by atoms with Gasteiger partial charge in [-0.05, 0) is 49.1 Å². The third-order valence-corrected chi connectivity index (χ3v) is 4.99. The largest absolute Gasteiger partial charge is 0.476 e. The molecule has 1 saturated heterocycles. The molecule has 2 heterocycles. The minimum Gasteiger partial charge on any atom is -0.476 e. The van der Waals surface area contributed by atoms with Gasteiger partial charge in [-0.2, -0.15) is 0 Å². The molecule has 3 aromatic rings. The molecular weight excluding hydrogens is 340 g/mol. The van der Waals surface area contributed by atoms with Crippen LogP contribution in [-0.2, 0) is 0 Å². The molecule has 0 amide bonds. The summed E-state index contributed by atoms with van der Waals surface area (Å²) in [5, 5.41) is 18.4. The van der Waals surface area contributed by atoms with Crippen molar-refractivity contribution in [2.24, 2.45) is 0 Å². The molecule has 1 atom stereocenters. The van der Waals surface area contributed by atoms with Crippen molar-refractivity contribution >= 4 is 11.8 Å². The maximum atomic E-state index is 11.8. The molecule has 6 nitrogen and oxygen atoms in total. The molecule has 0 spiro atoms. The quantitative estimate of drug-likeness (QED) is 0.768. The zero-order valence-corrected chi connectivity index (χ0v) is 15.5. The first-order valence-corrected chi connectivity index (χ1v) is 9.10. The van der Waals surface area contributed by atoms with Gasteiger partial charge in [0.2, 0.25) is 5.69 Å². The van der Waals surface area contributed by atoms with Crippen LogP contribution in [0.15, 0.2) is 48.5 Å². The van der Waals surface area contributed by atoms with E-state index in [1.165, 1.54) is 10.4 Å². The highest BCUT2D eigenvalue weighted by atomic mass is 16.4. The number of hydrogen-bond donors (Lipinski definition) is 1. The van der Waals surface area contributed by atoms with Crippen LogP contribution in [-0.4, -0.2) is 39.2 Å². The summed E-state index contributed by atoms with van der Waals surface area (Å²) in [6, 6.07) is 16.3. The van der Waals surface area contributed by atoms with Gasteiger partial charge in [0.15, 0.2) is 5.82 Å². The highest BCUT2D eigenvalue weighted by Crippen LogP contribution is 2.31. The molecule has 0 unspecified atom stereocenters. The lowest BCUT2D eigenvalue weighted by Gasteiger charge is -2.16. The van der Waals surface area contributed by atoms with Gasteiger partial charge in [-0.1, -0.05) is 36.4 Å². The number of carboxylic acid groups (broad SMARTS) is 1. The highest BCUT2D eigenvalue weighted by molar-refractivity contribution is 5.91. The van der Waals surface area contributed by atoms with Crippen LogP contribution in [0.5, 0.6) is 0 Å². The Morgan fingerprint density at radius 2 is 1.78 bits per heavy atom. The molecule has 0 aliphatic carbocycles. The van der Waals surface area contributed by atoms with E-state index in [0.717, 1.165) is 36.3 Å². The van der Waals surface area contributed by atoms with E-state index in [1.807, 2.05) is 49.1 Å². The zero-order chi connectivity index (χ0) is 19.0. The summed E-state index contributed by atoms with van der Waals surface area (Å²) in [5.74, 6) is -0.233. The van der Waals surface area contributed by atoms with Crippen LogP contribution >= 0.6 is 0 Å². The first-order chi connectivity index (χ1) is 13.0. The van der Waals surface area contributed by atoms with Crippen LogP contribution in [0.25, 0.3) is 5.69 Å². The summed E-state index contributed by atoms with van der Waals surface area (Å²) >= 11 is 0. The highest BCUT2D eigenvalue weighted by Gasteiger charge is 2.30. The van der Waals surface area contributed by atoms with Crippen molar-refractivity contribution in [2.75, 3.05) is 18.0 Å². The molecule has 138 valence electrons. The van der Waals surface area contributed by atoms with Gasteiger partial charge in [-0.3, -0.25) is 0 Å². The van der Waals surface area contributed by atoms with Gasteiger partial charge >= 0.3 is 5.97 Å². The van der Waals surface area contributed by atoms with Crippen LogP contribution in [0.4, 0.5) is 5.82 Å². The number of rotatable bonds is 4. The minimum atomic E-state index is -1.05. The summed E-state index contributed by atoms with van der Waals surface area (Å²) in [6.07, 6.45) is 0.972. The Labute approximate surface area is 158 Å². The number of nitrogens with zero attached hydrogens (tertiary/aromatic N) is 4. The van der Waals surface area contributed by atoms with Crippen molar-refractivity contribution < 1.29 is 9.90 Å². The molecule has 1 aliphatic rings. The number of hydrogen-bond acceptors (Lipinski definition) is 4. The lowest BCUT2D eigenvalue weighted by Crippen LogP contribution is -2.22. The molecule has 1 fully saturated rings. The molecule has 1 aliphatic heterocycles. The number of aromatic carboxylic acids is 1. The van der Waals surface area contributed by atoms with Crippen LogP contribution in [0.2, 0.25) is 0 Å². The third kappa shape index (κ3) is 3.43. The number of aromatic nitrogens is 3. The predicted molar refractivity (Wildman–Crippen MR) is 104 cm³/mol. The molecular formula is C21H22N4O2. The molecule has 1 N–H and O–H groups in total. The van der Waals surface area contributed by atoms with E-state index in [9.17, 15) is 9.90 Å². The fraction of sp³-hybridized carbons (Fsp3) is 0.286. The summed E-state index contributed by atoms with van der Waals surface area (Å²) in [7, 11) is 0. The second kappa shape index (κ2) is 6.87. The maximum absolute atomic E-state index is 11.8. The Morgan fingerprint density at radius 3 is 2.44 bits per heavy atom. The van der Waals surface area contributed by atoms with Crippen molar-refractivity contribution in [1.82, 2.24) is 15.0 Å². The van der Waals surface area contributed by atoms with Crippen LogP contribution in [0, 0.1) is 13.8 Å². The number of benzene rings is 2. The molecule has 0 radical (unpaired) electrons. The molecule has 1 aromatic heterocycles. The number of carbonyl (C=O) groups is 1. The molecule has 0 bridgehead atoms. The number of aryl methyl sites for hydroxylation is 2. The van der Waals surface area contributed by atoms with Gasteiger partial charge in [-0.15, -0.1) is 15.0 Å². The standard InChI is InChI=1S/C21H22N4O2/c1-14-10-15(2)12-18(11-14)25-22-19(21(26)27)20(23-25)24-9-8-17(13-24)16-6-4-3-5-7-16/h3-7,10-12,17H,8-9,13H2,1-2H3,(H,26,27)/t17-/m0/s1. The average Bonchev–Trinajstić information content (AvgIpc) is 3.29. The second-order valence-corrected chi connectivity index (χ2v) is 7.16. The molecule has 0 saturated carbocycles. The fourth-order valence-electron chi connectivity index (χ4n) is 3.78. The maximum Gasteiger partial charge on any atom is 0.360 e. The Morgan fingerprint density at radius 1 is 1.07 bits per heavy atom. The van der Waals surface area contributed by atoms with Crippen LogP contribution in [0.1, 0.15) is 39.5 Å². The second-order valence-electron chi connectivity index (χ2n) is 7.16. The average molecular weight is 362 g/mol. The Bertz CT molecular complexity index is 961. The number of anilines is 1. The lowest BCUT2D eigenvalue weighted by molar-refractivity contribution is 0.0690. The monoisotopic (exact) mass is 362 g/mol. The zero-order valence-electron chi connectivity index (χ0n) is 15.5. The van der Waals surface area contributed by atoms with Gasteiger partial charge in [0.05, 0.1) is 5.69 Å². The van der Waals surface area contributed by atoms with E-state index in [0.29, 0.717) is 11.7 Å². The van der Waals surface area contributed by atoms with Crippen LogP contribution in [0.3, 0.4) is 0 Å². The smallest absolute Gasteiger partial charge is 0.360 e. The van der Waals surface area contributed by atoms with Gasteiger partial charge in [-0.25, -0.2) is 4.79 Å². The van der Waals surface area contributed by atoms with E-state index in [1.54, 1.807) is 0 Å².